The Kier molecular flexibility index (Phi) is 4.74. The average Bonchev–Trinajstić information content (AvgIpc) is 2.47. The van der Waals surface area contributed by atoms with E-state index in [1.807, 2.05) is 0 Å². The van der Waals surface area contributed by atoms with Crippen LogP contribution in [0.5, 0.6) is 0 Å². The Hall–Kier alpha value is -2.15. The minimum absolute atomic E-state index is 0.0290. The fraction of sp³-hybridized carbons (Fsp3) is 0.214. The van der Waals surface area contributed by atoms with Gasteiger partial charge in [-0.15, -0.1) is 0 Å². The van der Waals surface area contributed by atoms with E-state index in [4.69, 9.17) is 4.74 Å². The second-order valence-electron chi connectivity index (χ2n) is 4.07. The van der Waals surface area contributed by atoms with Gasteiger partial charge in [-0.1, -0.05) is 12.1 Å². The monoisotopic (exact) mass is 308 g/mol. The Morgan fingerprint density at radius 1 is 1.38 bits per heavy atom. The summed E-state index contributed by atoms with van der Waals surface area (Å²) in [4.78, 5) is 19.8. The lowest BCUT2D eigenvalue weighted by Crippen LogP contribution is -2.11. The molecule has 0 spiro atoms. The molecule has 7 heteroatoms. The SMILES string of the molecule is CCOC(=O)c1cnc(S(C)=O)nc1-c1ccccc1F. The van der Waals surface area contributed by atoms with Gasteiger partial charge in [0.1, 0.15) is 11.4 Å². The zero-order valence-corrected chi connectivity index (χ0v) is 12.3. The summed E-state index contributed by atoms with van der Waals surface area (Å²) in [6, 6.07) is 5.90. The van der Waals surface area contributed by atoms with E-state index >= 15 is 0 Å². The molecular weight excluding hydrogens is 295 g/mol. The van der Waals surface area contributed by atoms with Crippen molar-refractivity contribution < 1.29 is 18.1 Å². The molecule has 0 amide bonds. The van der Waals surface area contributed by atoms with E-state index in [-0.39, 0.29) is 28.6 Å². The van der Waals surface area contributed by atoms with Gasteiger partial charge in [-0.25, -0.2) is 19.2 Å². The maximum atomic E-state index is 13.9. The van der Waals surface area contributed by atoms with E-state index < -0.39 is 22.6 Å². The van der Waals surface area contributed by atoms with E-state index in [2.05, 4.69) is 9.97 Å². The number of aromatic nitrogens is 2. The van der Waals surface area contributed by atoms with Gasteiger partial charge in [0.05, 0.1) is 23.1 Å². The predicted molar refractivity (Wildman–Crippen MR) is 75.7 cm³/mol. The molecule has 0 saturated carbocycles. The number of esters is 1. The predicted octanol–water partition coefficient (Wildman–Crippen LogP) is 2.20. The van der Waals surface area contributed by atoms with Crippen LogP contribution in [0.2, 0.25) is 0 Å². The maximum Gasteiger partial charge on any atom is 0.341 e. The normalized spacial score (nSPS) is 12.0. The lowest BCUT2D eigenvalue weighted by Gasteiger charge is -2.09. The van der Waals surface area contributed by atoms with Crippen molar-refractivity contribution in [3.8, 4) is 11.3 Å². The minimum atomic E-state index is -1.44. The number of halogens is 1. The first-order valence-electron chi connectivity index (χ1n) is 6.17. The van der Waals surface area contributed by atoms with Gasteiger partial charge in [-0.3, -0.25) is 4.21 Å². The van der Waals surface area contributed by atoms with Crippen LogP contribution in [0, 0.1) is 5.82 Å². The quantitative estimate of drug-likeness (QED) is 0.640. The highest BCUT2D eigenvalue weighted by molar-refractivity contribution is 7.84. The van der Waals surface area contributed by atoms with Gasteiger partial charge in [0, 0.05) is 18.0 Å². The summed E-state index contributed by atoms with van der Waals surface area (Å²) in [6.45, 7) is 1.84. The van der Waals surface area contributed by atoms with Crippen LogP contribution >= 0.6 is 0 Å². The van der Waals surface area contributed by atoms with Crippen LogP contribution in [0.3, 0.4) is 0 Å². The molecule has 1 aromatic carbocycles. The summed E-state index contributed by atoms with van der Waals surface area (Å²) in [7, 11) is -1.44. The molecule has 0 radical (unpaired) electrons. The zero-order valence-electron chi connectivity index (χ0n) is 11.5. The molecule has 1 aromatic heterocycles. The molecule has 5 nitrogen and oxygen atoms in total. The molecular formula is C14H13FN2O3S. The highest BCUT2D eigenvalue weighted by atomic mass is 32.2. The second kappa shape index (κ2) is 6.53. The van der Waals surface area contributed by atoms with E-state index in [0.717, 1.165) is 0 Å². The Labute approximate surface area is 123 Å². The zero-order chi connectivity index (χ0) is 15.4. The van der Waals surface area contributed by atoms with Gasteiger partial charge in [0.2, 0.25) is 5.16 Å². The lowest BCUT2D eigenvalue weighted by atomic mass is 10.1. The highest BCUT2D eigenvalue weighted by Crippen LogP contribution is 2.25. The number of carbonyl (C=O) groups excluding carboxylic acids is 1. The minimum Gasteiger partial charge on any atom is -0.462 e. The van der Waals surface area contributed by atoms with Crippen LogP contribution in [-0.2, 0) is 15.5 Å². The van der Waals surface area contributed by atoms with Crippen LogP contribution in [0.25, 0.3) is 11.3 Å². The molecule has 110 valence electrons. The average molecular weight is 308 g/mol. The topological polar surface area (TPSA) is 69.2 Å². The van der Waals surface area contributed by atoms with Crippen molar-refractivity contribution in [2.24, 2.45) is 0 Å². The molecule has 1 heterocycles. The summed E-state index contributed by atoms with van der Waals surface area (Å²) in [5.74, 6) is -1.18. The third kappa shape index (κ3) is 3.30. The van der Waals surface area contributed by atoms with Crippen molar-refractivity contribution in [1.29, 1.82) is 0 Å². The standard InChI is InChI=1S/C14H13FN2O3S/c1-3-20-13(18)10-8-16-14(21(2)19)17-12(10)9-6-4-5-7-11(9)15/h4-8H,3H2,1-2H3. The smallest absolute Gasteiger partial charge is 0.341 e. The number of rotatable bonds is 4. The van der Waals surface area contributed by atoms with Gasteiger partial charge in [-0.05, 0) is 19.1 Å². The first kappa shape index (κ1) is 15.2. The van der Waals surface area contributed by atoms with Crippen molar-refractivity contribution in [2.75, 3.05) is 12.9 Å². The van der Waals surface area contributed by atoms with Crippen LogP contribution < -0.4 is 0 Å². The van der Waals surface area contributed by atoms with Crippen LogP contribution in [-0.4, -0.2) is 33.0 Å². The summed E-state index contributed by atoms with van der Waals surface area (Å²) in [6.07, 6.45) is 2.62. The molecule has 0 bridgehead atoms. The van der Waals surface area contributed by atoms with Crippen molar-refractivity contribution >= 4 is 16.8 Å². The first-order chi connectivity index (χ1) is 10.0. The van der Waals surface area contributed by atoms with Crippen molar-refractivity contribution in [1.82, 2.24) is 9.97 Å². The molecule has 0 fully saturated rings. The van der Waals surface area contributed by atoms with E-state index in [1.54, 1.807) is 13.0 Å². The van der Waals surface area contributed by atoms with Crippen molar-refractivity contribution in [2.45, 2.75) is 12.1 Å². The van der Waals surface area contributed by atoms with E-state index in [9.17, 15) is 13.4 Å². The number of ether oxygens (including phenoxy) is 1. The third-order valence-electron chi connectivity index (χ3n) is 2.65. The summed E-state index contributed by atoms with van der Waals surface area (Å²) >= 11 is 0. The molecule has 2 aromatic rings. The van der Waals surface area contributed by atoms with Crippen molar-refractivity contribution in [3.05, 3.63) is 41.8 Å². The molecule has 0 aliphatic rings. The van der Waals surface area contributed by atoms with Crippen LogP contribution in [0.1, 0.15) is 17.3 Å². The molecule has 1 unspecified atom stereocenters. The second-order valence-corrected chi connectivity index (χ2v) is 5.34. The van der Waals surface area contributed by atoms with E-state index in [1.165, 1.54) is 30.7 Å². The Bertz CT molecular complexity index is 706. The molecule has 2 rings (SSSR count). The summed E-state index contributed by atoms with van der Waals surface area (Å²) < 4.78 is 30.4. The highest BCUT2D eigenvalue weighted by Gasteiger charge is 2.20. The molecule has 0 saturated heterocycles. The molecule has 1 atom stereocenters. The van der Waals surface area contributed by atoms with Gasteiger partial charge >= 0.3 is 5.97 Å². The van der Waals surface area contributed by atoms with Gasteiger partial charge in [0.25, 0.3) is 0 Å². The fourth-order valence-electron chi connectivity index (χ4n) is 1.72. The van der Waals surface area contributed by atoms with Gasteiger partial charge in [0.15, 0.2) is 0 Å². The molecule has 0 aliphatic heterocycles. The number of carbonyl (C=O) groups is 1. The fourth-order valence-corrected chi connectivity index (χ4v) is 2.14. The number of hydrogen-bond donors (Lipinski definition) is 0. The lowest BCUT2D eigenvalue weighted by molar-refractivity contribution is 0.0526. The molecule has 0 N–H and O–H groups in total. The largest absolute Gasteiger partial charge is 0.462 e. The van der Waals surface area contributed by atoms with Crippen molar-refractivity contribution in [3.63, 3.8) is 0 Å². The Morgan fingerprint density at radius 2 is 2.10 bits per heavy atom. The van der Waals surface area contributed by atoms with Gasteiger partial charge < -0.3 is 4.74 Å². The first-order valence-corrected chi connectivity index (χ1v) is 7.73. The number of nitrogens with zero attached hydrogens (tertiary/aromatic N) is 2. The van der Waals surface area contributed by atoms with Gasteiger partial charge in [-0.2, -0.15) is 0 Å². The number of benzene rings is 1. The van der Waals surface area contributed by atoms with Crippen LogP contribution in [0.15, 0.2) is 35.6 Å². The number of hydrogen-bond acceptors (Lipinski definition) is 5. The van der Waals surface area contributed by atoms with E-state index in [0.29, 0.717) is 0 Å². The third-order valence-corrected chi connectivity index (χ3v) is 3.36. The Morgan fingerprint density at radius 3 is 2.71 bits per heavy atom. The summed E-state index contributed by atoms with van der Waals surface area (Å²) in [5.41, 5.74) is 0.248. The van der Waals surface area contributed by atoms with Crippen LogP contribution in [0.4, 0.5) is 4.39 Å². The maximum absolute atomic E-state index is 13.9. The molecule has 0 aliphatic carbocycles. The summed E-state index contributed by atoms with van der Waals surface area (Å²) in [5, 5.41) is 0.0290. The molecule has 21 heavy (non-hydrogen) atoms. The Balaban J connectivity index is 2.64.